The third-order valence-corrected chi connectivity index (χ3v) is 6.03. The van der Waals surface area contributed by atoms with E-state index in [1.165, 1.54) is 17.7 Å². The summed E-state index contributed by atoms with van der Waals surface area (Å²) in [6.45, 7) is 6.66. The monoisotopic (exact) mass is 464 g/mol. The predicted octanol–water partition coefficient (Wildman–Crippen LogP) is 4.52. The van der Waals surface area contributed by atoms with E-state index in [2.05, 4.69) is 37.9 Å². The van der Waals surface area contributed by atoms with E-state index in [9.17, 15) is 4.39 Å². The Morgan fingerprint density at radius 2 is 1.64 bits per heavy atom. The SMILES string of the molecule is Cc1c(CN2CCN(c3ncccc3-c3ccc(F)cc3)CC2)cnn1-c1ccncc1.Cl. The van der Waals surface area contributed by atoms with Crippen LogP contribution in [0.2, 0.25) is 0 Å². The van der Waals surface area contributed by atoms with Gasteiger partial charge in [-0.05, 0) is 48.9 Å². The zero-order chi connectivity index (χ0) is 21.9. The lowest BCUT2D eigenvalue weighted by Crippen LogP contribution is -2.46. The van der Waals surface area contributed by atoms with Crippen molar-refractivity contribution in [1.29, 1.82) is 0 Å². The minimum absolute atomic E-state index is 0. The van der Waals surface area contributed by atoms with Crippen molar-refractivity contribution in [2.24, 2.45) is 0 Å². The highest BCUT2D eigenvalue weighted by Gasteiger charge is 2.22. The molecule has 6 nitrogen and oxygen atoms in total. The Morgan fingerprint density at radius 1 is 0.909 bits per heavy atom. The van der Waals surface area contributed by atoms with Crippen LogP contribution in [0.1, 0.15) is 11.3 Å². The number of aromatic nitrogens is 4. The number of piperazine rings is 1. The number of rotatable bonds is 5. The van der Waals surface area contributed by atoms with Crippen molar-refractivity contribution in [1.82, 2.24) is 24.6 Å². The maximum Gasteiger partial charge on any atom is 0.136 e. The third kappa shape index (κ3) is 4.89. The normalized spacial score (nSPS) is 14.2. The average molecular weight is 465 g/mol. The van der Waals surface area contributed by atoms with Gasteiger partial charge in [-0.15, -0.1) is 12.4 Å². The molecule has 1 fully saturated rings. The molecular weight excluding hydrogens is 439 g/mol. The van der Waals surface area contributed by atoms with Gasteiger partial charge < -0.3 is 4.90 Å². The molecule has 0 amide bonds. The number of anilines is 1. The standard InChI is InChI=1S/C25H25FN6.ClH/c1-19-21(17-29-32(19)23-8-11-27-12-9-23)18-30-13-15-31(16-14-30)25-24(3-2-10-28-25)20-4-6-22(26)7-5-20;/h2-12,17H,13-16,18H2,1H3;1H. The van der Waals surface area contributed by atoms with Crippen molar-refractivity contribution in [3.8, 4) is 16.8 Å². The Labute approximate surface area is 199 Å². The minimum atomic E-state index is -0.227. The number of hydrogen-bond acceptors (Lipinski definition) is 5. The van der Waals surface area contributed by atoms with Crippen LogP contribution >= 0.6 is 12.4 Å². The Morgan fingerprint density at radius 3 is 2.36 bits per heavy atom. The molecule has 1 aromatic carbocycles. The van der Waals surface area contributed by atoms with E-state index < -0.39 is 0 Å². The van der Waals surface area contributed by atoms with Crippen molar-refractivity contribution >= 4 is 18.2 Å². The van der Waals surface area contributed by atoms with Gasteiger partial charge in [0.25, 0.3) is 0 Å². The van der Waals surface area contributed by atoms with Crippen molar-refractivity contribution in [3.63, 3.8) is 0 Å². The van der Waals surface area contributed by atoms with E-state index in [1.54, 1.807) is 12.4 Å². The summed E-state index contributed by atoms with van der Waals surface area (Å²) in [5.74, 6) is 0.732. The van der Waals surface area contributed by atoms with E-state index in [0.717, 1.165) is 61.0 Å². The van der Waals surface area contributed by atoms with Gasteiger partial charge in [-0.2, -0.15) is 5.10 Å². The van der Waals surface area contributed by atoms with Gasteiger partial charge in [-0.25, -0.2) is 14.1 Å². The lowest BCUT2D eigenvalue weighted by Gasteiger charge is -2.36. The molecule has 4 heterocycles. The van der Waals surface area contributed by atoms with Crippen LogP contribution in [0.15, 0.2) is 73.3 Å². The zero-order valence-corrected chi connectivity index (χ0v) is 19.2. The number of nitrogens with zero attached hydrogens (tertiary/aromatic N) is 6. The molecule has 170 valence electrons. The molecule has 33 heavy (non-hydrogen) atoms. The van der Waals surface area contributed by atoms with Crippen LogP contribution in [0.25, 0.3) is 16.8 Å². The van der Waals surface area contributed by atoms with Crippen LogP contribution in [0.5, 0.6) is 0 Å². The van der Waals surface area contributed by atoms with Gasteiger partial charge in [-0.3, -0.25) is 9.88 Å². The molecule has 0 spiro atoms. The second-order valence-corrected chi connectivity index (χ2v) is 8.02. The number of halogens is 2. The molecule has 0 bridgehead atoms. The molecular formula is C25H26ClFN6. The summed E-state index contributed by atoms with van der Waals surface area (Å²) in [6, 6.07) is 14.5. The Hall–Kier alpha value is -3.29. The molecule has 0 radical (unpaired) electrons. The third-order valence-electron chi connectivity index (χ3n) is 6.03. The van der Waals surface area contributed by atoms with E-state index in [-0.39, 0.29) is 18.2 Å². The fourth-order valence-corrected chi connectivity index (χ4v) is 4.21. The van der Waals surface area contributed by atoms with Gasteiger partial charge in [0.15, 0.2) is 0 Å². The Kier molecular flexibility index (Phi) is 7.01. The average Bonchev–Trinajstić information content (AvgIpc) is 3.20. The first-order valence-electron chi connectivity index (χ1n) is 10.8. The molecule has 5 rings (SSSR count). The fourth-order valence-electron chi connectivity index (χ4n) is 4.21. The summed E-state index contributed by atoms with van der Waals surface area (Å²) in [4.78, 5) is 13.5. The van der Waals surface area contributed by atoms with Gasteiger partial charge in [0, 0.05) is 68.1 Å². The summed E-state index contributed by atoms with van der Waals surface area (Å²) in [5.41, 5.74) is 5.44. The molecule has 0 N–H and O–H groups in total. The molecule has 3 aromatic heterocycles. The highest BCUT2D eigenvalue weighted by molar-refractivity contribution is 5.85. The van der Waals surface area contributed by atoms with Gasteiger partial charge >= 0.3 is 0 Å². The van der Waals surface area contributed by atoms with E-state index in [4.69, 9.17) is 0 Å². The van der Waals surface area contributed by atoms with Crippen molar-refractivity contribution in [3.05, 3.63) is 90.4 Å². The zero-order valence-electron chi connectivity index (χ0n) is 18.4. The van der Waals surface area contributed by atoms with Crippen molar-refractivity contribution in [2.45, 2.75) is 13.5 Å². The first-order valence-corrected chi connectivity index (χ1v) is 10.8. The Balaban J connectivity index is 0.00000259. The largest absolute Gasteiger partial charge is 0.354 e. The molecule has 8 heteroatoms. The highest BCUT2D eigenvalue weighted by Crippen LogP contribution is 2.29. The second kappa shape index (κ2) is 10.1. The van der Waals surface area contributed by atoms with Gasteiger partial charge in [-0.1, -0.05) is 12.1 Å². The van der Waals surface area contributed by atoms with Crippen LogP contribution < -0.4 is 4.90 Å². The molecule has 0 unspecified atom stereocenters. The van der Waals surface area contributed by atoms with Crippen molar-refractivity contribution < 1.29 is 4.39 Å². The number of pyridine rings is 2. The Bertz CT molecular complexity index is 1190. The number of hydrogen-bond donors (Lipinski definition) is 0. The summed E-state index contributed by atoms with van der Waals surface area (Å²) in [6.07, 6.45) is 7.36. The molecule has 0 saturated carbocycles. The first-order chi connectivity index (χ1) is 15.7. The molecule has 1 aliphatic rings. The van der Waals surface area contributed by atoms with Crippen molar-refractivity contribution in [2.75, 3.05) is 31.1 Å². The van der Waals surface area contributed by atoms with Gasteiger partial charge in [0.05, 0.1) is 11.9 Å². The van der Waals surface area contributed by atoms with Gasteiger partial charge in [0.1, 0.15) is 11.6 Å². The lowest BCUT2D eigenvalue weighted by molar-refractivity contribution is 0.249. The molecule has 0 aliphatic carbocycles. The quantitative estimate of drug-likeness (QED) is 0.434. The maximum atomic E-state index is 13.4. The van der Waals surface area contributed by atoms with E-state index >= 15 is 0 Å². The first kappa shape index (κ1) is 22.9. The van der Waals surface area contributed by atoms with E-state index in [1.807, 2.05) is 47.4 Å². The minimum Gasteiger partial charge on any atom is -0.354 e. The van der Waals surface area contributed by atoms with Crippen LogP contribution in [-0.2, 0) is 6.54 Å². The summed E-state index contributed by atoms with van der Waals surface area (Å²) in [7, 11) is 0. The summed E-state index contributed by atoms with van der Waals surface area (Å²) in [5, 5.41) is 4.58. The van der Waals surface area contributed by atoms with Crippen LogP contribution in [0.4, 0.5) is 10.2 Å². The van der Waals surface area contributed by atoms with Gasteiger partial charge in [0.2, 0.25) is 0 Å². The topological polar surface area (TPSA) is 50.1 Å². The molecule has 1 saturated heterocycles. The van der Waals surface area contributed by atoms with Crippen LogP contribution in [0.3, 0.4) is 0 Å². The number of benzene rings is 1. The van der Waals surface area contributed by atoms with Crippen LogP contribution in [-0.4, -0.2) is 50.8 Å². The fraction of sp³-hybridized carbons (Fsp3) is 0.240. The predicted molar refractivity (Wildman–Crippen MR) is 130 cm³/mol. The molecule has 4 aromatic rings. The summed E-state index contributed by atoms with van der Waals surface area (Å²) >= 11 is 0. The lowest BCUT2D eigenvalue weighted by atomic mass is 10.1. The maximum absolute atomic E-state index is 13.4. The smallest absolute Gasteiger partial charge is 0.136 e. The highest BCUT2D eigenvalue weighted by atomic mass is 35.5. The van der Waals surface area contributed by atoms with E-state index in [0.29, 0.717) is 0 Å². The van der Waals surface area contributed by atoms with Crippen LogP contribution in [0, 0.1) is 12.7 Å². The summed E-state index contributed by atoms with van der Waals surface area (Å²) < 4.78 is 15.3. The second-order valence-electron chi connectivity index (χ2n) is 8.02. The molecule has 0 atom stereocenters. The molecule has 1 aliphatic heterocycles.